The fraction of sp³-hybridized carbons (Fsp3) is 0.923. The lowest BCUT2D eigenvalue weighted by molar-refractivity contribution is -0.124. The molecule has 0 atom stereocenters. The summed E-state index contributed by atoms with van der Waals surface area (Å²) in [6.07, 6.45) is 3.94. The number of thioether (sulfide) groups is 1. The molecule has 0 bridgehead atoms. The van der Waals surface area contributed by atoms with Gasteiger partial charge in [-0.05, 0) is 37.9 Å². The molecule has 0 spiro atoms. The molecule has 106 valence electrons. The Balaban J connectivity index is 1.89. The molecule has 0 unspecified atom stereocenters. The van der Waals surface area contributed by atoms with Crippen LogP contribution in [-0.4, -0.2) is 48.4 Å². The number of carbonyl (C=O) groups is 1. The minimum absolute atomic E-state index is 0.165. The zero-order chi connectivity index (χ0) is 13.2. The SMILES string of the molecule is CCOC1CC(CC(=O)NCCSCCCO)C1. The molecule has 0 saturated heterocycles. The van der Waals surface area contributed by atoms with Crippen molar-refractivity contribution in [1.82, 2.24) is 5.32 Å². The van der Waals surface area contributed by atoms with Crippen LogP contribution in [0.4, 0.5) is 0 Å². The van der Waals surface area contributed by atoms with Crippen LogP contribution < -0.4 is 5.32 Å². The summed E-state index contributed by atoms with van der Waals surface area (Å²) in [5.41, 5.74) is 0. The van der Waals surface area contributed by atoms with Crippen LogP contribution in [-0.2, 0) is 9.53 Å². The number of ether oxygens (including phenoxy) is 1. The van der Waals surface area contributed by atoms with Gasteiger partial charge in [-0.3, -0.25) is 4.79 Å². The molecule has 18 heavy (non-hydrogen) atoms. The monoisotopic (exact) mass is 275 g/mol. The summed E-state index contributed by atoms with van der Waals surface area (Å²) >= 11 is 1.77. The van der Waals surface area contributed by atoms with Crippen LogP contribution in [0.1, 0.15) is 32.6 Å². The van der Waals surface area contributed by atoms with Crippen molar-refractivity contribution >= 4 is 17.7 Å². The van der Waals surface area contributed by atoms with Gasteiger partial charge >= 0.3 is 0 Å². The first-order valence-corrected chi connectivity index (χ1v) is 7.98. The number of nitrogens with one attached hydrogen (secondary N) is 1. The van der Waals surface area contributed by atoms with Crippen molar-refractivity contribution in [3.63, 3.8) is 0 Å². The molecule has 1 aliphatic rings. The fourth-order valence-electron chi connectivity index (χ4n) is 2.08. The average Bonchev–Trinajstić information content (AvgIpc) is 2.31. The van der Waals surface area contributed by atoms with Gasteiger partial charge < -0.3 is 15.2 Å². The molecular formula is C13H25NO3S. The average molecular weight is 275 g/mol. The van der Waals surface area contributed by atoms with E-state index in [9.17, 15) is 4.79 Å². The second kappa shape index (κ2) is 9.64. The predicted molar refractivity (Wildman–Crippen MR) is 74.8 cm³/mol. The van der Waals surface area contributed by atoms with Gasteiger partial charge in [0.05, 0.1) is 6.10 Å². The summed E-state index contributed by atoms with van der Waals surface area (Å²) in [6.45, 7) is 3.77. The summed E-state index contributed by atoms with van der Waals surface area (Å²) in [4.78, 5) is 11.6. The predicted octanol–water partition coefficient (Wildman–Crippen LogP) is 1.42. The number of aliphatic hydroxyl groups is 1. The number of carbonyl (C=O) groups excluding carboxylic acids is 1. The van der Waals surface area contributed by atoms with E-state index in [0.29, 0.717) is 18.4 Å². The Hall–Kier alpha value is -0.260. The van der Waals surface area contributed by atoms with E-state index in [4.69, 9.17) is 9.84 Å². The number of hydrogen-bond acceptors (Lipinski definition) is 4. The molecule has 1 saturated carbocycles. The Morgan fingerprint density at radius 1 is 1.44 bits per heavy atom. The molecule has 1 fully saturated rings. The highest BCUT2D eigenvalue weighted by molar-refractivity contribution is 7.99. The summed E-state index contributed by atoms with van der Waals surface area (Å²) in [6, 6.07) is 0. The molecule has 0 aliphatic heterocycles. The van der Waals surface area contributed by atoms with Gasteiger partial charge in [0.15, 0.2) is 0 Å². The molecule has 1 rings (SSSR count). The highest BCUT2D eigenvalue weighted by Crippen LogP contribution is 2.32. The minimum atomic E-state index is 0.165. The van der Waals surface area contributed by atoms with E-state index in [1.54, 1.807) is 11.8 Å². The molecule has 1 amide bonds. The molecule has 4 nitrogen and oxygen atoms in total. The van der Waals surface area contributed by atoms with Crippen LogP contribution in [0.15, 0.2) is 0 Å². The van der Waals surface area contributed by atoms with Gasteiger partial charge in [0.2, 0.25) is 5.91 Å². The molecule has 0 radical (unpaired) electrons. The van der Waals surface area contributed by atoms with E-state index in [-0.39, 0.29) is 12.5 Å². The van der Waals surface area contributed by atoms with Crippen molar-refractivity contribution < 1.29 is 14.6 Å². The van der Waals surface area contributed by atoms with Gasteiger partial charge in [0, 0.05) is 31.9 Å². The Bertz CT molecular complexity index is 232. The summed E-state index contributed by atoms with van der Waals surface area (Å²) in [5.74, 6) is 2.57. The first-order valence-electron chi connectivity index (χ1n) is 6.83. The Morgan fingerprint density at radius 3 is 2.89 bits per heavy atom. The van der Waals surface area contributed by atoms with E-state index < -0.39 is 0 Å². The molecule has 0 heterocycles. The lowest BCUT2D eigenvalue weighted by atomic mass is 9.80. The number of amides is 1. The third-order valence-corrected chi connectivity index (χ3v) is 4.15. The van der Waals surface area contributed by atoms with Gasteiger partial charge in [-0.2, -0.15) is 11.8 Å². The van der Waals surface area contributed by atoms with E-state index in [1.165, 1.54) is 0 Å². The van der Waals surface area contributed by atoms with Crippen LogP contribution >= 0.6 is 11.8 Å². The largest absolute Gasteiger partial charge is 0.396 e. The Morgan fingerprint density at radius 2 is 2.22 bits per heavy atom. The molecule has 0 aromatic heterocycles. The van der Waals surface area contributed by atoms with Gasteiger partial charge in [-0.15, -0.1) is 0 Å². The van der Waals surface area contributed by atoms with Crippen molar-refractivity contribution in [1.29, 1.82) is 0 Å². The summed E-state index contributed by atoms with van der Waals surface area (Å²) in [5, 5.41) is 11.6. The standard InChI is InChI=1S/C13H25NO3S/c1-2-17-12-8-11(9-12)10-13(16)14-4-7-18-6-3-5-15/h11-12,15H,2-10H2,1H3,(H,14,16). The molecule has 1 aliphatic carbocycles. The zero-order valence-electron chi connectivity index (χ0n) is 11.2. The van der Waals surface area contributed by atoms with Gasteiger partial charge in [0.25, 0.3) is 0 Å². The van der Waals surface area contributed by atoms with E-state index in [1.807, 2.05) is 6.92 Å². The van der Waals surface area contributed by atoms with Crippen molar-refractivity contribution in [2.45, 2.75) is 38.7 Å². The molecule has 5 heteroatoms. The second-order valence-electron chi connectivity index (χ2n) is 4.66. The van der Waals surface area contributed by atoms with Crippen LogP contribution in [0.5, 0.6) is 0 Å². The van der Waals surface area contributed by atoms with Crippen LogP contribution in [0, 0.1) is 5.92 Å². The number of aliphatic hydroxyl groups excluding tert-OH is 1. The number of hydrogen-bond donors (Lipinski definition) is 2. The second-order valence-corrected chi connectivity index (χ2v) is 5.88. The molecular weight excluding hydrogens is 250 g/mol. The van der Waals surface area contributed by atoms with Gasteiger partial charge in [-0.1, -0.05) is 0 Å². The smallest absolute Gasteiger partial charge is 0.220 e. The lowest BCUT2D eigenvalue weighted by Gasteiger charge is -2.34. The van der Waals surface area contributed by atoms with E-state index >= 15 is 0 Å². The lowest BCUT2D eigenvalue weighted by Crippen LogP contribution is -2.36. The van der Waals surface area contributed by atoms with Crippen molar-refractivity contribution in [2.24, 2.45) is 5.92 Å². The minimum Gasteiger partial charge on any atom is -0.396 e. The summed E-state index contributed by atoms with van der Waals surface area (Å²) in [7, 11) is 0. The quantitative estimate of drug-likeness (QED) is 0.592. The topological polar surface area (TPSA) is 58.6 Å². The zero-order valence-corrected chi connectivity index (χ0v) is 12.0. The molecule has 2 N–H and O–H groups in total. The van der Waals surface area contributed by atoms with E-state index in [2.05, 4.69) is 5.32 Å². The first-order chi connectivity index (χ1) is 8.76. The highest BCUT2D eigenvalue weighted by atomic mass is 32.2. The normalized spacial score (nSPS) is 22.6. The molecule has 0 aromatic carbocycles. The van der Waals surface area contributed by atoms with E-state index in [0.717, 1.165) is 43.9 Å². The Kier molecular flexibility index (Phi) is 8.46. The maximum absolute atomic E-state index is 11.6. The fourth-order valence-corrected chi connectivity index (χ4v) is 2.86. The summed E-state index contributed by atoms with van der Waals surface area (Å²) < 4.78 is 5.47. The maximum Gasteiger partial charge on any atom is 0.220 e. The van der Waals surface area contributed by atoms with Crippen LogP contribution in [0.2, 0.25) is 0 Å². The third kappa shape index (κ3) is 6.61. The maximum atomic E-state index is 11.6. The highest BCUT2D eigenvalue weighted by Gasteiger charge is 2.30. The number of rotatable bonds is 10. The van der Waals surface area contributed by atoms with Crippen molar-refractivity contribution in [2.75, 3.05) is 31.3 Å². The van der Waals surface area contributed by atoms with Gasteiger partial charge in [-0.25, -0.2) is 0 Å². The third-order valence-electron chi connectivity index (χ3n) is 3.08. The van der Waals surface area contributed by atoms with Crippen molar-refractivity contribution in [3.05, 3.63) is 0 Å². The van der Waals surface area contributed by atoms with Crippen LogP contribution in [0.25, 0.3) is 0 Å². The first kappa shape index (κ1) is 15.8. The Labute approximate surface area is 114 Å². The van der Waals surface area contributed by atoms with Crippen molar-refractivity contribution in [3.8, 4) is 0 Å². The van der Waals surface area contributed by atoms with Crippen LogP contribution in [0.3, 0.4) is 0 Å². The molecule has 0 aromatic rings. The van der Waals surface area contributed by atoms with Gasteiger partial charge in [0.1, 0.15) is 0 Å².